The third-order valence-electron chi connectivity index (χ3n) is 3.81. The van der Waals surface area contributed by atoms with Crippen LogP contribution in [-0.4, -0.2) is 26.7 Å². The Balaban J connectivity index is 1.86. The Labute approximate surface area is 141 Å². The number of halogens is 1. The van der Waals surface area contributed by atoms with Crippen molar-refractivity contribution in [1.29, 1.82) is 0 Å². The molecule has 0 spiro atoms. The Morgan fingerprint density at radius 3 is 2.67 bits per heavy atom. The number of benzene rings is 2. The predicted molar refractivity (Wildman–Crippen MR) is 90.5 cm³/mol. The zero-order chi connectivity index (χ0) is 17.4. The minimum atomic E-state index is -0.281. The van der Waals surface area contributed by atoms with Crippen molar-refractivity contribution in [1.82, 2.24) is 5.32 Å². The van der Waals surface area contributed by atoms with Crippen LogP contribution in [0.3, 0.4) is 0 Å². The van der Waals surface area contributed by atoms with E-state index in [0.29, 0.717) is 18.5 Å². The van der Waals surface area contributed by atoms with E-state index in [9.17, 15) is 9.18 Å². The van der Waals surface area contributed by atoms with Crippen molar-refractivity contribution >= 4 is 5.91 Å². The van der Waals surface area contributed by atoms with Crippen LogP contribution >= 0.6 is 0 Å². The summed E-state index contributed by atoms with van der Waals surface area (Å²) in [4.78, 5) is 12.0. The predicted octanol–water partition coefficient (Wildman–Crippen LogP) is 3.27. The minimum absolute atomic E-state index is 0.136. The maximum Gasteiger partial charge on any atom is 0.220 e. The van der Waals surface area contributed by atoms with Gasteiger partial charge in [-0.25, -0.2) is 4.39 Å². The number of methoxy groups -OCH3 is 2. The topological polar surface area (TPSA) is 47.6 Å². The number of carbonyl (C=O) groups is 1. The first kappa shape index (κ1) is 17.9. The molecule has 24 heavy (non-hydrogen) atoms. The van der Waals surface area contributed by atoms with Gasteiger partial charge in [0.05, 0.1) is 13.2 Å². The summed E-state index contributed by atoms with van der Waals surface area (Å²) in [5.74, 6) is 0.320. The van der Waals surface area contributed by atoms with E-state index in [1.54, 1.807) is 32.4 Å². The lowest BCUT2D eigenvalue weighted by Crippen LogP contribution is -2.29. The summed E-state index contributed by atoms with van der Waals surface area (Å²) < 4.78 is 24.2. The molecule has 2 aromatic carbocycles. The van der Waals surface area contributed by atoms with Crippen LogP contribution in [0.5, 0.6) is 5.75 Å². The van der Waals surface area contributed by atoms with Gasteiger partial charge in [0, 0.05) is 20.1 Å². The first-order chi connectivity index (χ1) is 11.6. The molecule has 0 heterocycles. The quantitative estimate of drug-likeness (QED) is 0.807. The molecule has 1 N–H and O–H groups in total. The highest BCUT2D eigenvalue weighted by atomic mass is 19.1. The molecule has 2 rings (SSSR count). The molecule has 0 aliphatic carbocycles. The smallest absolute Gasteiger partial charge is 0.220 e. The molecule has 1 unspecified atom stereocenters. The normalized spacial score (nSPS) is 11.8. The summed E-state index contributed by atoms with van der Waals surface area (Å²) in [5, 5.41) is 2.83. The Bertz CT molecular complexity index is 675. The number of hydrogen-bond acceptors (Lipinski definition) is 3. The molecule has 0 aromatic heterocycles. The van der Waals surface area contributed by atoms with E-state index < -0.39 is 0 Å². The van der Waals surface area contributed by atoms with Gasteiger partial charge in [-0.3, -0.25) is 4.79 Å². The standard InChI is InChI=1S/C19H22FNO3/c1-23-16-8-5-7-15(12-16)18(24-2)13-21-19(22)11-10-14-6-3-4-9-17(14)20/h3-9,12,18H,10-11,13H2,1-2H3,(H,21,22). The van der Waals surface area contributed by atoms with Crippen molar-refractivity contribution in [3.05, 3.63) is 65.5 Å². The summed E-state index contributed by atoms with van der Waals surface area (Å²) in [7, 11) is 3.20. The molecule has 5 heteroatoms. The first-order valence-electron chi connectivity index (χ1n) is 7.81. The molecule has 0 bridgehead atoms. The first-order valence-corrected chi connectivity index (χ1v) is 7.81. The SMILES string of the molecule is COc1cccc(C(CNC(=O)CCc2ccccc2F)OC)c1. The number of hydrogen-bond donors (Lipinski definition) is 1. The summed E-state index contributed by atoms with van der Waals surface area (Å²) >= 11 is 0. The second kappa shape index (κ2) is 9.03. The number of amides is 1. The van der Waals surface area contributed by atoms with Crippen LogP contribution in [0.2, 0.25) is 0 Å². The average molecular weight is 331 g/mol. The Morgan fingerprint density at radius 1 is 1.17 bits per heavy atom. The molecular formula is C19H22FNO3. The second-order valence-corrected chi connectivity index (χ2v) is 5.40. The van der Waals surface area contributed by atoms with Crippen molar-refractivity contribution < 1.29 is 18.7 Å². The Morgan fingerprint density at radius 2 is 1.96 bits per heavy atom. The molecule has 128 valence electrons. The van der Waals surface area contributed by atoms with Crippen molar-refractivity contribution in [2.24, 2.45) is 0 Å². The third kappa shape index (κ3) is 5.06. The van der Waals surface area contributed by atoms with E-state index in [0.717, 1.165) is 11.3 Å². The van der Waals surface area contributed by atoms with Gasteiger partial charge in [-0.15, -0.1) is 0 Å². The van der Waals surface area contributed by atoms with E-state index in [1.165, 1.54) is 6.07 Å². The van der Waals surface area contributed by atoms with Gasteiger partial charge in [0.25, 0.3) is 0 Å². The maximum atomic E-state index is 13.5. The lowest BCUT2D eigenvalue weighted by atomic mass is 10.1. The zero-order valence-electron chi connectivity index (χ0n) is 13.9. The monoisotopic (exact) mass is 331 g/mol. The van der Waals surface area contributed by atoms with Gasteiger partial charge in [0.2, 0.25) is 5.91 Å². The third-order valence-corrected chi connectivity index (χ3v) is 3.81. The second-order valence-electron chi connectivity index (χ2n) is 5.40. The maximum absolute atomic E-state index is 13.5. The molecule has 0 aliphatic rings. The van der Waals surface area contributed by atoms with E-state index >= 15 is 0 Å². The van der Waals surface area contributed by atoms with Crippen molar-refractivity contribution in [3.8, 4) is 5.75 Å². The number of carbonyl (C=O) groups excluding carboxylic acids is 1. The fourth-order valence-electron chi connectivity index (χ4n) is 2.42. The van der Waals surface area contributed by atoms with E-state index in [-0.39, 0.29) is 24.2 Å². The van der Waals surface area contributed by atoms with Crippen molar-refractivity contribution in [2.75, 3.05) is 20.8 Å². The molecule has 0 saturated heterocycles. The molecule has 4 nitrogen and oxygen atoms in total. The van der Waals surface area contributed by atoms with Gasteiger partial charge in [0.15, 0.2) is 0 Å². The molecule has 0 fully saturated rings. The number of nitrogens with one attached hydrogen (secondary N) is 1. The highest BCUT2D eigenvalue weighted by Crippen LogP contribution is 2.21. The number of ether oxygens (including phenoxy) is 2. The average Bonchev–Trinajstić information content (AvgIpc) is 2.61. The van der Waals surface area contributed by atoms with Gasteiger partial charge in [-0.1, -0.05) is 30.3 Å². The van der Waals surface area contributed by atoms with Crippen LogP contribution in [0, 0.1) is 5.82 Å². The fourth-order valence-corrected chi connectivity index (χ4v) is 2.42. The largest absolute Gasteiger partial charge is 0.497 e. The Hall–Kier alpha value is -2.40. The fraction of sp³-hybridized carbons (Fsp3) is 0.316. The van der Waals surface area contributed by atoms with Crippen LogP contribution in [0.1, 0.15) is 23.7 Å². The highest BCUT2D eigenvalue weighted by molar-refractivity contribution is 5.76. The lowest BCUT2D eigenvalue weighted by molar-refractivity contribution is -0.121. The highest BCUT2D eigenvalue weighted by Gasteiger charge is 2.13. The van der Waals surface area contributed by atoms with E-state index in [4.69, 9.17) is 9.47 Å². The van der Waals surface area contributed by atoms with Gasteiger partial charge in [-0.2, -0.15) is 0 Å². The van der Waals surface area contributed by atoms with Crippen LogP contribution < -0.4 is 10.1 Å². The summed E-state index contributed by atoms with van der Waals surface area (Å²) in [5.41, 5.74) is 1.47. The van der Waals surface area contributed by atoms with Crippen LogP contribution in [0.25, 0.3) is 0 Å². The van der Waals surface area contributed by atoms with Crippen LogP contribution in [-0.2, 0) is 16.0 Å². The van der Waals surface area contributed by atoms with Gasteiger partial charge < -0.3 is 14.8 Å². The van der Waals surface area contributed by atoms with Crippen molar-refractivity contribution in [2.45, 2.75) is 18.9 Å². The molecule has 0 radical (unpaired) electrons. The number of aryl methyl sites for hydroxylation is 1. The number of rotatable bonds is 8. The molecule has 1 atom stereocenters. The van der Waals surface area contributed by atoms with Crippen LogP contribution in [0.15, 0.2) is 48.5 Å². The van der Waals surface area contributed by atoms with E-state index in [1.807, 2.05) is 24.3 Å². The summed E-state index contributed by atoms with van der Waals surface area (Å²) in [6.07, 6.45) is 0.336. The molecular weight excluding hydrogens is 309 g/mol. The van der Waals surface area contributed by atoms with Crippen molar-refractivity contribution in [3.63, 3.8) is 0 Å². The summed E-state index contributed by atoms with van der Waals surface area (Å²) in [6.45, 7) is 0.347. The lowest BCUT2D eigenvalue weighted by Gasteiger charge is -2.17. The van der Waals surface area contributed by atoms with Gasteiger partial charge in [0.1, 0.15) is 11.6 Å². The van der Waals surface area contributed by atoms with Crippen LogP contribution in [0.4, 0.5) is 4.39 Å². The molecule has 0 aliphatic heterocycles. The molecule has 2 aromatic rings. The zero-order valence-corrected chi connectivity index (χ0v) is 13.9. The van der Waals surface area contributed by atoms with E-state index in [2.05, 4.69) is 5.32 Å². The molecule has 1 amide bonds. The van der Waals surface area contributed by atoms with Gasteiger partial charge in [-0.05, 0) is 35.7 Å². The minimum Gasteiger partial charge on any atom is -0.497 e. The Kier molecular flexibility index (Phi) is 6.75. The van der Waals surface area contributed by atoms with Gasteiger partial charge >= 0.3 is 0 Å². The summed E-state index contributed by atoms with van der Waals surface area (Å²) in [6, 6.07) is 14.0. The molecule has 0 saturated carbocycles.